The van der Waals surface area contributed by atoms with Crippen LogP contribution < -0.4 is 10.3 Å². The zero-order valence-corrected chi connectivity index (χ0v) is 23.5. The topological polar surface area (TPSA) is 87.3 Å². The van der Waals surface area contributed by atoms with Gasteiger partial charge in [0.1, 0.15) is 11.6 Å². The molecular formula is C34H23N3O4S. The third-order valence-corrected chi connectivity index (χ3v) is 7.83. The van der Waals surface area contributed by atoms with Gasteiger partial charge in [-0.25, -0.2) is 4.98 Å². The van der Waals surface area contributed by atoms with Gasteiger partial charge < -0.3 is 4.74 Å². The molecule has 0 N–H and O–H groups in total. The van der Waals surface area contributed by atoms with Gasteiger partial charge in [-0.15, -0.1) is 0 Å². The number of hydrogen-bond donors (Lipinski definition) is 0. The molecule has 204 valence electrons. The van der Waals surface area contributed by atoms with Gasteiger partial charge in [0, 0.05) is 22.1 Å². The zero-order valence-electron chi connectivity index (χ0n) is 22.7. The molecule has 0 spiro atoms. The fraction of sp³-hybridized carbons (Fsp3) is 0.0588. The van der Waals surface area contributed by atoms with Gasteiger partial charge in [-0.1, -0.05) is 47.4 Å². The lowest BCUT2D eigenvalue weighted by Crippen LogP contribution is -2.23. The summed E-state index contributed by atoms with van der Waals surface area (Å²) in [5.74, 6) is 7.72. The minimum Gasteiger partial charge on any atom is -0.497 e. The van der Waals surface area contributed by atoms with E-state index >= 15 is 0 Å². The SMILES string of the molecule is COc1ccc2cc(C#Cc3ccc(-n4c(C=Cc5ccc([N+](=O)[O-])s5)nc5ccccc5c4=O)c(C)c3)ccc2c1. The number of rotatable bonds is 5. The number of para-hydroxylation sites is 1. The number of nitro groups is 1. The Morgan fingerprint density at radius 1 is 0.905 bits per heavy atom. The Kier molecular flexibility index (Phi) is 7.09. The van der Waals surface area contributed by atoms with Crippen LogP contribution >= 0.6 is 11.3 Å². The van der Waals surface area contributed by atoms with Crippen molar-refractivity contribution in [3.8, 4) is 23.3 Å². The summed E-state index contributed by atoms with van der Waals surface area (Å²) in [6, 6.07) is 28.0. The number of methoxy groups -OCH3 is 1. The summed E-state index contributed by atoms with van der Waals surface area (Å²) in [5.41, 5.74) is 3.62. The average Bonchev–Trinajstić information content (AvgIpc) is 3.49. The lowest BCUT2D eigenvalue weighted by Gasteiger charge is -2.14. The standard InChI is InChI=1S/C34H23N3O4S/c1-22-19-23(7-8-24-9-11-26-21-27(41-2)13-12-25(26)20-24)10-16-31(22)36-32(17-14-28-15-18-33(42-28)37(39)40)35-30-6-4-3-5-29(30)34(36)38/h3-6,9-21H,1-2H3. The van der Waals surface area contributed by atoms with Gasteiger partial charge in [0.05, 0.1) is 28.6 Å². The number of aromatic nitrogens is 2. The summed E-state index contributed by atoms with van der Waals surface area (Å²) < 4.78 is 6.88. The summed E-state index contributed by atoms with van der Waals surface area (Å²) in [6.07, 6.45) is 3.45. The third-order valence-electron chi connectivity index (χ3n) is 6.83. The molecule has 0 unspecified atom stereocenters. The monoisotopic (exact) mass is 569 g/mol. The minimum absolute atomic E-state index is 0.0509. The largest absolute Gasteiger partial charge is 0.497 e. The highest BCUT2D eigenvalue weighted by Gasteiger charge is 2.14. The Labute approximate surface area is 245 Å². The van der Waals surface area contributed by atoms with Crippen LogP contribution in [0.5, 0.6) is 5.75 Å². The van der Waals surface area contributed by atoms with E-state index in [-0.39, 0.29) is 10.6 Å². The van der Waals surface area contributed by atoms with E-state index in [9.17, 15) is 14.9 Å². The van der Waals surface area contributed by atoms with E-state index in [1.807, 2.05) is 73.7 Å². The van der Waals surface area contributed by atoms with Crippen LogP contribution in [0, 0.1) is 28.9 Å². The molecule has 0 amide bonds. The Bertz CT molecular complexity index is 2170. The Morgan fingerprint density at radius 3 is 2.40 bits per heavy atom. The minimum atomic E-state index is -0.419. The highest BCUT2D eigenvalue weighted by molar-refractivity contribution is 7.16. The Balaban J connectivity index is 1.38. The molecule has 6 aromatic rings. The number of thiophene rings is 1. The van der Waals surface area contributed by atoms with E-state index in [0.717, 1.165) is 44.5 Å². The molecule has 7 nitrogen and oxygen atoms in total. The summed E-state index contributed by atoms with van der Waals surface area (Å²) in [6.45, 7) is 1.93. The molecule has 0 saturated heterocycles. The van der Waals surface area contributed by atoms with E-state index in [0.29, 0.717) is 27.3 Å². The molecule has 0 aliphatic heterocycles. The highest BCUT2D eigenvalue weighted by Crippen LogP contribution is 2.26. The first-order chi connectivity index (χ1) is 20.4. The van der Waals surface area contributed by atoms with Gasteiger partial charge in [0.25, 0.3) is 5.56 Å². The molecule has 42 heavy (non-hydrogen) atoms. The smallest absolute Gasteiger partial charge is 0.324 e. The van der Waals surface area contributed by atoms with Crippen LogP contribution in [0.2, 0.25) is 0 Å². The van der Waals surface area contributed by atoms with Crippen molar-refractivity contribution >= 4 is 50.2 Å². The maximum Gasteiger partial charge on any atom is 0.324 e. The number of benzene rings is 4. The van der Waals surface area contributed by atoms with Crippen LogP contribution in [0.15, 0.2) is 95.8 Å². The summed E-state index contributed by atoms with van der Waals surface area (Å²) in [4.78, 5) is 29.8. The number of nitrogens with zero attached hydrogens (tertiary/aromatic N) is 3. The van der Waals surface area contributed by atoms with Crippen molar-refractivity contribution in [2.24, 2.45) is 0 Å². The van der Waals surface area contributed by atoms with Crippen molar-refractivity contribution in [2.75, 3.05) is 7.11 Å². The lowest BCUT2D eigenvalue weighted by atomic mass is 10.1. The molecule has 0 aliphatic carbocycles. The van der Waals surface area contributed by atoms with E-state index in [1.54, 1.807) is 42.0 Å². The molecule has 0 radical (unpaired) electrons. The van der Waals surface area contributed by atoms with Crippen molar-refractivity contribution in [3.05, 3.63) is 139 Å². The van der Waals surface area contributed by atoms with Crippen LogP contribution in [0.3, 0.4) is 0 Å². The van der Waals surface area contributed by atoms with E-state index in [4.69, 9.17) is 9.72 Å². The second-order valence-corrected chi connectivity index (χ2v) is 10.7. The predicted molar refractivity (Wildman–Crippen MR) is 168 cm³/mol. The van der Waals surface area contributed by atoms with Gasteiger partial charge in [-0.3, -0.25) is 19.5 Å². The molecule has 0 saturated carbocycles. The molecule has 0 atom stereocenters. The lowest BCUT2D eigenvalue weighted by molar-refractivity contribution is -0.380. The molecule has 4 aromatic carbocycles. The van der Waals surface area contributed by atoms with Crippen molar-refractivity contribution in [2.45, 2.75) is 6.92 Å². The van der Waals surface area contributed by atoms with Crippen molar-refractivity contribution in [3.63, 3.8) is 0 Å². The quantitative estimate of drug-likeness (QED) is 0.123. The van der Waals surface area contributed by atoms with Crippen LogP contribution in [0.4, 0.5) is 5.00 Å². The summed E-state index contributed by atoms with van der Waals surface area (Å²) in [5, 5.41) is 13.8. The first-order valence-electron chi connectivity index (χ1n) is 13.0. The van der Waals surface area contributed by atoms with Gasteiger partial charge >= 0.3 is 5.00 Å². The first-order valence-corrected chi connectivity index (χ1v) is 13.9. The number of aryl methyl sites for hydroxylation is 1. The van der Waals surface area contributed by atoms with Crippen molar-refractivity contribution in [1.82, 2.24) is 9.55 Å². The molecule has 2 aromatic heterocycles. The fourth-order valence-corrected chi connectivity index (χ4v) is 5.46. The maximum atomic E-state index is 13.7. The van der Waals surface area contributed by atoms with Gasteiger partial charge in [-0.2, -0.15) is 0 Å². The van der Waals surface area contributed by atoms with Crippen molar-refractivity contribution < 1.29 is 9.66 Å². The fourth-order valence-electron chi connectivity index (χ4n) is 4.74. The van der Waals surface area contributed by atoms with Crippen LogP contribution in [-0.2, 0) is 0 Å². The number of ether oxygens (including phenoxy) is 1. The molecule has 6 rings (SSSR count). The summed E-state index contributed by atoms with van der Waals surface area (Å²) in [7, 11) is 1.65. The highest BCUT2D eigenvalue weighted by atomic mass is 32.1. The third kappa shape index (κ3) is 5.29. The van der Waals surface area contributed by atoms with Gasteiger partial charge in [0.2, 0.25) is 0 Å². The van der Waals surface area contributed by atoms with Gasteiger partial charge in [0.15, 0.2) is 0 Å². The van der Waals surface area contributed by atoms with E-state index in [1.165, 1.54) is 6.07 Å². The normalized spacial score (nSPS) is 11.1. The zero-order chi connectivity index (χ0) is 29.2. The summed E-state index contributed by atoms with van der Waals surface area (Å²) >= 11 is 1.06. The Morgan fingerprint density at radius 2 is 1.64 bits per heavy atom. The van der Waals surface area contributed by atoms with Crippen molar-refractivity contribution in [1.29, 1.82) is 0 Å². The van der Waals surface area contributed by atoms with Crippen LogP contribution in [-0.4, -0.2) is 21.6 Å². The second-order valence-electron chi connectivity index (χ2n) is 9.57. The average molecular weight is 570 g/mol. The Hall–Kier alpha value is -5.52. The second kappa shape index (κ2) is 11.2. The maximum absolute atomic E-state index is 13.7. The molecule has 2 heterocycles. The number of hydrogen-bond acceptors (Lipinski definition) is 6. The first kappa shape index (κ1) is 26.7. The van der Waals surface area contributed by atoms with Crippen LogP contribution in [0.25, 0.3) is 39.5 Å². The number of fused-ring (bicyclic) bond motifs is 2. The van der Waals surface area contributed by atoms with E-state index in [2.05, 4.69) is 11.8 Å². The molecular weight excluding hydrogens is 546 g/mol. The van der Waals surface area contributed by atoms with Gasteiger partial charge in [-0.05, 0) is 96.1 Å². The molecule has 8 heteroatoms. The molecule has 0 bridgehead atoms. The van der Waals surface area contributed by atoms with Crippen LogP contribution in [0.1, 0.15) is 27.4 Å². The molecule has 0 fully saturated rings. The molecule has 0 aliphatic rings. The van der Waals surface area contributed by atoms with E-state index < -0.39 is 4.92 Å². The predicted octanol–water partition coefficient (Wildman–Crippen LogP) is 7.40.